The van der Waals surface area contributed by atoms with E-state index in [1.165, 1.54) is 31.5 Å². The standard InChI is InChI=1S/C16H26N2O2/c1-3-17-13-14-6-7-15(19-2)16(12-14)20-11-10-18-8-4-5-9-18/h6-7,12,17H,3-5,8-11,13H2,1-2H3. The first-order valence-corrected chi connectivity index (χ1v) is 7.56. The van der Waals surface area contributed by atoms with Crippen molar-refractivity contribution >= 4 is 0 Å². The van der Waals surface area contributed by atoms with Crippen LogP contribution in [0.2, 0.25) is 0 Å². The molecule has 1 fully saturated rings. The van der Waals surface area contributed by atoms with Crippen LogP contribution >= 0.6 is 0 Å². The molecule has 0 aromatic heterocycles. The van der Waals surface area contributed by atoms with Crippen molar-refractivity contribution in [1.29, 1.82) is 0 Å². The summed E-state index contributed by atoms with van der Waals surface area (Å²) < 4.78 is 11.3. The lowest BCUT2D eigenvalue weighted by Gasteiger charge is -2.16. The van der Waals surface area contributed by atoms with E-state index in [4.69, 9.17) is 9.47 Å². The summed E-state index contributed by atoms with van der Waals surface area (Å²) in [4.78, 5) is 2.45. The zero-order chi connectivity index (χ0) is 14.2. The molecular formula is C16H26N2O2. The Bertz CT molecular complexity index is 403. The van der Waals surface area contributed by atoms with E-state index in [-0.39, 0.29) is 0 Å². The number of likely N-dealkylation sites (tertiary alicyclic amines) is 1. The van der Waals surface area contributed by atoms with Crippen LogP contribution in [0.3, 0.4) is 0 Å². The second-order valence-electron chi connectivity index (χ2n) is 5.16. The average molecular weight is 278 g/mol. The van der Waals surface area contributed by atoms with Gasteiger partial charge >= 0.3 is 0 Å². The minimum atomic E-state index is 0.723. The molecule has 0 aliphatic carbocycles. The maximum absolute atomic E-state index is 5.92. The predicted molar refractivity (Wildman–Crippen MR) is 81.5 cm³/mol. The van der Waals surface area contributed by atoms with Crippen molar-refractivity contribution in [2.24, 2.45) is 0 Å². The van der Waals surface area contributed by atoms with Gasteiger partial charge in [0.05, 0.1) is 7.11 Å². The summed E-state index contributed by atoms with van der Waals surface area (Å²) in [6.45, 7) is 8.08. The number of methoxy groups -OCH3 is 1. The van der Waals surface area contributed by atoms with Crippen molar-refractivity contribution in [3.05, 3.63) is 23.8 Å². The normalized spacial score (nSPS) is 15.5. The topological polar surface area (TPSA) is 33.7 Å². The molecule has 4 nitrogen and oxygen atoms in total. The number of ether oxygens (including phenoxy) is 2. The van der Waals surface area contributed by atoms with Gasteiger partial charge in [0.2, 0.25) is 0 Å². The summed E-state index contributed by atoms with van der Waals surface area (Å²) in [7, 11) is 1.69. The van der Waals surface area contributed by atoms with Crippen molar-refractivity contribution in [3.8, 4) is 11.5 Å². The lowest BCUT2D eigenvalue weighted by atomic mass is 10.2. The minimum absolute atomic E-state index is 0.723. The first-order chi connectivity index (χ1) is 9.83. The molecule has 4 heteroatoms. The van der Waals surface area contributed by atoms with Crippen LogP contribution in [0.4, 0.5) is 0 Å². The fourth-order valence-electron chi connectivity index (χ4n) is 2.50. The van der Waals surface area contributed by atoms with Gasteiger partial charge in [0, 0.05) is 13.1 Å². The van der Waals surface area contributed by atoms with Gasteiger partial charge in [-0.05, 0) is 50.2 Å². The lowest BCUT2D eigenvalue weighted by Crippen LogP contribution is -2.25. The van der Waals surface area contributed by atoms with E-state index in [9.17, 15) is 0 Å². The Labute approximate surface area is 122 Å². The lowest BCUT2D eigenvalue weighted by molar-refractivity contribution is 0.230. The minimum Gasteiger partial charge on any atom is -0.493 e. The van der Waals surface area contributed by atoms with Gasteiger partial charge in [-0.1, -0.05) is 13.0 Å². The maximum atomic E-state index is 5.92. The molecule has 0 atom stereocenters. The Morgan fingerprint density at radius 1 is 1.20 bits per heavy atom. The highest BCUT2D eigenvalue weighted by molar-refractivity contribution is 5.42. The first-order valence-electron chi connectivity index (χ1n) is 7.56. The van der Waals surface area contributed by atoms with Crippen LogP contribution in [0.1, 0.15) is 25.3 Å². The van der Waals surface area contributed by atoms with E-state index in [1.54, 1.807) is 7.11 Å². The molecule has 0 unspecified atom stereocenters. The van der Waals surface area contributed by atoms with Gasteiger partial charge in [-0.25, -0.2) is 0 Å². The van der Waals surface area contributed by atoms with Crippen LogP contribution < -0.4 is 14.8 Å². The number of rotatable bonds is 8. The zero-order valence-electron chi connectivity index (χ0n) is 12.7. The quantitative estimate of drug-likeness (QED) is 0.791. The van der Waals surface area contributed by atoms with Crippen LogP contribution in [-0.2, 0) is 6.54 Å². The van der Waals surface area contributed by atoms with Gasteiger partial charge in [-0.3, -0.25) is 4.90 Å². The Morgan fingerprint density at radius 2 is 2.00 bits per heavy atom. The van der Waals surface area contributed by atoms with Crippen LogP contribution in [0, 0.1) is 0 Å². The second kappa shape index (κ2) is 8.12. The highest BCUT2D eigenvalue weighted by Gasteiger charge is 2.12. The summed E-state index contributed by atoms with van der Waals surface area (Å²) in [5.41, 5.74) is 1.23. The number of nitrogens with zero attached hydrogens (tertiary/aromatic N) is 1. The molecule has 1 aromatic carbocycles. The van der Waals surface area contributed by atoms with Crippen molar-refractivity contribution < 1.29 is 9.47 Å². The number of nitrogens with one attached hydrogen (secondary N) is 1. The monoisotopic (exact) mass is 278 g/mol. The molecule has 1 aromatic rings. The molecule has 1 saturated heterocycles. The molecule has 0 bridgehead atoms. The fourth-order valence-corrected chi connectivity index (χ4v) is 2.50. The Hall–Kier alpha value is -1.26. The molecule has 2 rings (SSSR count). The van der Waals surface area contributed by atoms with Crippen molar-refractivity contribution in [2.75, 3.05) is 39.9 Å². The summed E-state index contributed by atoms with van der Waals surface area (Å²) in [5.74, 6) is 1.66. The predicted octanol–water partition coefficient (Wildman–Crippen LogP) is 2.28. The molecule has 1 N–H and O–H groups in total. The van der Waals surface area contributed by atoms with E-state index in [0.717, 1.165) is 37.7 Å². The van der Waals surface area contributed by atoms with Crippen LogP contribution in [0.15, 0.2) is 18.2 Å². The van der Waals surface area contributed by atoms with Gasteiger partial charge in [-0.15, -0.1) is 0 Å². The van der Waals surface area contributed by atoms with Gasteiger partial charge < -0.3 is 14.8 Å². The third kappa shape index (κ3) is 4.39. The first kappa shape index (κ1) is 15.1. The summed E-state index contributed by atoms with van der Waals surface area (Å²) >= 11 is 0. The van der Waals surface area contributed by atoms with Crippen molar-refractivity contribution in [3.63, 3.8) is 0 Å². The van der Waals surface area contributed by atoms with Gasteiger partial charge in [0.25, 0.3) is 0 Å². The molecule has 0 spiro atoms. The fraction of sp³-hybridized carbons (Fsp3) is 0.625. The van der Waals surface area contributed by atoms with Crippen LogP contribution in [0.25, 0.3) is 0 Å². The third-order valence-electron chi connectivity index (χ3n) is 3.67. The van der Waals surface area contributed by atoms with Crippen molar-refractivity contribution in [2.45, 2.75) is 26.3 Å². The van der Waals surface area contributed by atoms with E-state index in [1.807, 2.05) is 6.07 Å². The van der Waals surface area contributed by atoms with Crippen LogP contribution in [-0.4, -0.2) is 44.8 Å². The molecule has 0 amide bonds. The van der Waals surface area contributed by atoms with Gasteiger partial charge in [0.1, 0.15) is 6.61 Å². The largest absolute Gasteiger partial charge is 0.493 e. The molecular weight excluding hydrogens is 252 g/mol. The second-order valence-corrected chi connectivity index (χ2v) is 5.16. The third-order valence-corrected chi connectivity index (χ3v) is 3.67. The Morgan fingerprint density at radius 3 is 2.70 bits per heavy atom. The Balaban J connectivity index is 1.89. The molecule has 1 heterocycles. The summed E-state index contributed by atoms with van der Waals surface area (Å²) in [6, 6.07) is 6.14. The zero-order valence-corrected chi connectivity index (χ0v) is 12.7. The maximum Gasteiger partial charge on any atom is 0.161 e. The van der Waals surface area contributed by atoms with E-state index < -0.39 is 0 Å². The summed E-state index contributed by atoms with van der Waals surface area (Å²) in [6.07, 6.45) is 2.64. The van der Waals surface area contributed by atoms with Crippen LogP contribution in [0.5, 0.6) is 11.5 Å². The highest BCUT2D eigenvalue weighted by Crippen LogP contribution is 2.28. The molecule has 1 aliphatic heterocycles. The number of hydrogen-bond donors (Lipinski definition) is 1. The molecule has 1 aliphatic rings. The number of benzene rings is 1. The SMILES string of the molecule is CCNCc1ccc(OC)c(OCCN2CCCC2)c1. The average Bonchev–Trinajstić information content (AvgIpc) is 2.98. The summed E-state index contributed by atoms with van der Waals surface area (Å²) in [5, 5.41) is 3.33. The van der Waals surface area contributed by atoms with Crippen molar-refractivity contribution in [1.82, 2.24) is 10.2 Å². The molecule has 0 saturated carbocycles. The molecule has 20 heavy (non-hydrogen) atoms. The molecule has 0 radical (unpaired) electrons. The number of hydrogen-bond acceptors (Lipinski definition) is 4. The highest BCUT2D eigenvalue weighted by atomic mass is 16.5. The van der Waals surface area contributed by atoms with Gasteiger partial charge in [-0.2, -0.15) is 0 Å². The molecule has 112 valence electrons. The van der Waals surface area contributed by atoms with Gasteiger partial charge in [0.15, 0.2) is 11.5 Å². The van der Waals surface area contributed by atoms with E-state index in [0.29, 0.717) is 0 Å². The smallest absolute Gasteiger partial charge is 0.161 e. The Kier molecular flexibility index (Phi) is 6.15. The van der Waals surface area contributed by atoms with E-state index >= 15 is 0 Å². The van der Waals surface area contributed by atoms with E-state index in [2.05, 4.69) is 29.3 Å².